The number of halogens is 1. The van der Waals surface area contributed by atoms with E-state index in [-0.39, 0.29) is 35.6 Å². The zero-order valence-corrected chi connectivity index (χ0v) is 20.3. The van der Waals surface area contributed by atoms with Gasteiger partial charge in [-0.2, -0.15) is 0 Å². The number of nitrogens with zero attached hydrogens (tertiary/aromatic N) is 2. The molecule has 4 rings (SSSR count). The minimum atomic E-state index is -0.232. The molecule has 0 aliphatic carbocycles. The van der Waals surface area contributed by atoms with Crippen molar-refractivity contribution in [3.8, 4) is 5.75 Å². The van der Waals surface area contributed by atoms with Crippen LogP contribution in [0.15, 0.2) is 48.5 Å². The molecule has 0 aromatic heterocycles. The van der Waals surface area contributed by atoms with Crippen molar-refractivity contribution in [2.45, 2.75) is 44.8 Å². The highest BCUT2D eigenvalue weighted by molar-refractivity contribution is 6.31. The summed E-state index contributed by atoms with van der Waals surface area (Å²) in [7, 11) is 0. The lowest BCUT2D eigenvalue weighted by Crippen LogP contribution is -2.51. The number of hydrogen-bond acceptors (Lipinski definition) is 5. The fourth-order valence-corrected chi connectivity index (χ4v) is 4.99. The van der Waals surface area contributed by atoms with Crippen LogP contribution < -0.4 is 10.6 Å². The minimum absolute atomic E-state index is 0.00488. The summed E-state index contributed by atoms with van der Waals surface area (Å²) in [5.74, 6) is -0.238. The van der Waals surface area contributed by atoms with E-state index >= 15 is 0 Å². The molecule has 34 heavy (non-hydrogen) atoms. The predicted octanol–water partition coefficient (Wildman–Crippen LogP) is 3.48. The summed E-state index contributed by atoms with van der Waals surface area (Å²) in [5, 5.41) is 16.4. The molecule has 0 saturated carbocycles. The van der Waals surface area contributed by atoms with E-state index in [2.05, 4.69) is 44.7 Å². The summed E-state index contributed by atoms with van der Waals surface area (Å²) in [5.41, 5.74) is 1.62. The second kappa shape index (κ2) is 11.2. The standard InChI is InChI=1S/C26H33ClN4O3/c1-18(25(33)28-22-11-12-30(17-22)16-19-5-3-2-4-6-19)31-13-9-20(10-14-31)26(34)29-23-15-21(27)7-8-24(23)32/h2-8,15,18,20,22,32H,9-14,16-17H2,1H3,(H,28,33)(H,29,34)/t18-,22+/m0/s1. The van der Waals surface area contributed by atoms with E-state index in [0.717, 1.165) is 26.1 Å². The molecule has 0 radical (unpaired) electrons. The van der Waals surface area contributed by atoms with Gasteiger partial charge in [-0.3, -0.25) is 19.4 Å². The Balaban J connectivity index is 1.21. The number of hydrogen-bond donors (Lipinski definition) is 3. The van der Waals surface area contributed by atoms with Crippen LogP contribution in [0.3, 0.4) is 0 Å². The number of carbonyl (C=O) groups excluding carboxylic acids is 2. The van der Waals surface area contributed by atoms with Crippen molar-refractivity contribution >= 4 is 29.1 Å². The maximum Gasteiger partial charge on any atom is 0.237 e. The quantitative estimate of drug-likeness (QED) is 0.524. The van der Waals surface area contributed by atoms with Crippen molar-refractivity contribution in [3.63, 3.8) is 0 Å². The number of nitrogens with one attached hydrogen (secondary N) is 2. The monoisotopic (exact) mass is 484 g/mol. The van der Waals surface area contributed by atoms with Crippen molar-refractivity contribution in [3.05, 3.63) is 59.1 Å². The Bertz CT molecular complexity index is 995. The SMILES string of the molecule is C[C@@H](C(=O)N[C@@H]1CCN(Cc2ccccc2)C1)N1CCC(C(=O)Nc2cc(Cl)ccc2O)CC1. The van der Waals surface area contributed by atoms with E-state index in [4.69, 9.17) is 11.6 Å². The van der Waals surface area contributed by atoms with Gasteiger partial charge in [0.05, 0.1) is 11.7 Å². The Morgan fingerprint density at radius 1 is 1.09 bits per heavy atom. The summed E-state index contributed by atoms with van der Waals surface area (Å²) in [4.78, 5) is 30.1. The largest absolute Gasteiger partial charge is 0.506 e. The van der Waals surface area contributed by atoms with Gasteiger partial charge >= 0.3 is 0 Å². The van der Waals surface area contributed by atoms with Gasteiger partial charge in [-0.1, -0.05) is 41.9 Å². The number of rotatable bonds is 7. The highest BCUT2D eigenvalue weighted by atomic mass is 35.5. The lowest BCUT2D eigenvalue weighted by molar-refractivity contribution is -0.127. The number of piperidine rings is 1. The fourth-order valence-electron chi connectivity index (χ4n) is 4.82. The van der Waals surface area contributed by atoms with Crippen LogP contribution in [-0.4, -0.2) is 65.0 Å². The fraction of sp³-hybridized carbons (Fsp3) is 0.462. The molecule has 2 aromatic carbocycles. The van der Waals surface area contributed by atoms with E-state index in [1.165, 1.54) is 11.6 Å². The molecule has 2 aliphatic rings. The van der Waals surface area contributed by atoms with Crippen molar-refractivity contribution in [2.24, 2.45) is 5.92 Å². The van der Waals surface area contributed by atoms with Crippen LogP contribution in [0.5, 0.6) is 5.75 Å². The summed E-state index contributed by atoms with van der Waals surface area (Å²) >= 11 is 5.97. The van der Waals surface area contributed by atoms with E-state index in [1.54, 1.807) is 12.1 Å². The van der Waals surface area contributed by atoms with Crippen LogP contribution in [0, 0.1) is 5.92 Å². The Morgan fingerprint density at radius 3 is 2.56 bits per heavy atom. The van der Waals surface area contributed by atoms with Gasteiger partial charge in [-0.25, -0.2) is 0 Å². The first kappa shape index (κ1) is 24.5. The minimum Gasteiger partial charge on any atom is -0.506 e. The predicted molar refractivity (Wildman–Crippen MR) is 134 cm³/mol. The number of anilines is 1. The number of carbonyl (C=O) groups is 2. The van der Waals surface area contributed by atoms with E-state index in [9.17, 15) is 14.7 Å². The molecule has 7 nitrogen and oxygen atoms in total. The van der Waals surface area contributed by atoms with Gasteiger partial charge in [-0.15, -0.1) is 0 Å². The molecule has 0 unspecified atom stereocenters. The molecule has 2 atom stereocenters. The maximum absolute atomic E-state index is 12.9. The molecule has 182 valence electrons. The van der Waals surface area contributed by atoms with Crippen LogP contribution in [0.2, 0.25) is 5.02 Å². The average molecular weight is 485 g/mol. The highest BCUT2D eigenvalue weighted by Crippen LogP contribution is 2.28. The molecule has 2 aromatic rings. The maximum atomic E-state index is 12.9. The molecular weight excluding hydrogens is 452 g/mol. The van der Waals surface area contributed by atoms with Gasteiger partial charge in [0.25, 0.3) is 0 Å². The summed E-state index contributed by atoms with van der Waals surface area (Å²) in [6.45, 7) is 6.06. The van der Waals surface area contributed by atoms with Crippen LogP contribution in [0.4, 0.5) is 5.69 Å². The van der Waals surface area contributed by atoms with Crippen LogP contribution in [0.1, 0.15) is 31.7 Å². The number of benzene rings is 2. The lowest BCUT2D eigenvalue weighted by Gasteiger charge is -2.35. The average Bonchev–Trinajstić information content (AvgIpc) is 3.28. The van der Waals surface area contributed by atoms with Gasteiger partial charge in [-0.05, 0) is 63.0 Å². The second-order valence-corrected chi connectivity index (χ2v) is 9.79. The third-order valence-corrected chi connectivity index (χ3v) is 7.15. The van der Waals surface area contributed by atoms with Gasteiger partial charge < -0.3 is 15.7 Å². The number of phenols is 1. The zero-order valence-electron chi connectivity index (χ0n) is 19.5. The van der Waals surface area contributed by atoms with Gasteiger partial charge in [0, 0.05) is 36.6 Å². The van der Waals surface area contributed by atoms with E-state index < -0.39 is 0 Å². The highest BCUT2D eigenvalue weighted by Gasteiger charge is 2.32. The summed E-state index contributed by atoms with van der Waals surface area (Å²) < 4.78 is 0. The normalized spacial score (nSPS) is 20.7. The van der Waals surface area contributed by atoms with Gasteiger partial charge in [0.2, 0.25) is 11.8 Å². The zero-order chi connectivity index (χ0) is 24.1. The lowest BCUT2D eigenvalue weighted by atomic mass is 9.94. The number of amides is 2. The third kappa shape index (κ3) is 6.29. The van der Waals surface area contributed by atoms with Crippen molar-refractivity contribution < 1.29 is 14.7 Å². The molecule has 3 N–H and O–H groups in total. The topological polar surface area (TPSA) is 84.9 Å². The molecule has 2 heterocycles. The Kier molecular flexibility index (Phi) is 8.08. The first-order valence-electron chi connectivity index (χ1n) is 12.0. The molecule has 8 heteroatoms. The Labute approximate surface area is 206 Å². The van der Waals surface area contributed by atoms with E-state index in [0.29, 0.717) is 36.6 Å². The molecule has 2 amide bonds. The molecule has 0 spiro atoms. The number of aromatic hydroxyl groups is 1. The summed E-state index contributed by atoms with van der Waals surface area (Å²) in [6.07, 6.45) is 2.29. The van der Waals surface area contributed by atoms with Crippen LogP contribution >= 0.6 is 11.6 Å². The van der Waals surface area contributed by atoms with Crippen molar-refractivity contribution in [2.75, 3.05) is 31.5 Å². The van der Waals surface area contributed by atoms with E-state index in [1.807, 2.05) is 13.0 Å². The van der Waals surface area contributed by atoms with Crippen molar-refractivity contribution in [1.82, 2.24) is 15.1 Å². The Morgan fingerprint density at radius 2 is 1.82 bits per heavy atom. The second-order valence-electron chi connectivity index (χ2n) is 9.35. The molecule has 2 fully saturated rings. The van der Waals surface area contributed by atoms with Crippen molar-refractivity contribution in [1.29, 1.82) is 0 Å². The first-order chi connectivity index (χ1) is 16.4. The molecule has 0 bridgehead atoms. The van der Waals surface area contributed by atoms with Crippen LogP contribution in [-0.2, 0) is 16.1 Å². The van der Waals surface area contributed by atoms with Crippen LogP contribution in [0.25, 0.3) is 0 Å². The third-order valence-electron chi connectivity index (χ3n) is 6.91. The molecular formula is C26H33ClN4O3. The van der Waals surface area contributed by atoms with Gasteiger partial charge in [0.15, 0.2) is 0 Å². The number of likely N-dealkylation sites (tertiary alicyclic amines) is 2. The smallest absolute Gasteiger partial charge is 0.237 e. The van der Waals surface area contributed by atoms with Gasteiger partial charge in [0.1, 0.15) is 5.75 Å². The summed E-state index contributed by atoms with van der Waals surface area (Å²) in [6, 6.07) is 14.9. The number of phenolic OH excluding ortho intramolecular Hbond substituents is 1. The molecule has 2 aliphatic heterocycles. The Hall–Kier alpha value is -2.61. The first-order valence-corrected chi connectivity index (χ1v) is 12.4. The molecule has 2 saturated heterocycles.